The van der Waals surface area contributed by atoms with Gasteiger partial charge >= 0.3 is 0 Å². The molecule has 2 aromatic heterocycles. The number of aromatic nitrogens is 3. The fourth-order valence-corrected chi connectivity index (χ4v) is 3.35. The van der Waals surface area contributed by atoms with E-state index in [1.807, 2.05) is 49.3 Å². The summed E-state index contributed by atoms with van der Waals surface area (Å²) in [5, 5.41) is 6.76. The lowest BCUT2D eigenvalue weighted by Gasteiger charge is -2.27. The lowest BCUT2D eigenvalue weighted by molar-refractivity contribution is 0.101. The minimum absolute atomic E-state index is 0.202. The highest BCUT2D eigenvalue weighted by molar-refractivity contribution is 6.04. The molecule has 150 valence electrons. The van der Waals surface area contributed by atoms with Crippen LogP contribution < -0.4 is 15.1 Å². The number of rotatable bonds is 5. The maximum Gasteiger partial charge on any atom is 0.278 e. The molecule has 0 aliphatic carbocycles. The summed E-state index contributed by atoms with van der Waals surface area (Å²) in [6, 6.07) is 11.2. The van der Waals surface area contributed by atoms with Crippen LogP contribution in [0, 0.1) is 0 Å². The van der Waals surface area contributed by atoms with Crippen LogP contribution in [0.15, 0.2) is 47.1 Å². The molecule has 0 bridgehead atoms. The van der Waals surface area contributed by atoms with Crippen molar-refractivity contribution < 1.29 is 9.32 Å². The van der Waals surface area contributed by atoms with Crippen molar-refractivity contribution in [1.29, 1.82) is 0 Å². The van der Waals surface area contributed by atoms with E-state index >= 15 is 0 Å². The molecule has 1 fully saturated rings. The largest absolute Gasteiger partial charge is 0.361 e. The lowest BCUT2D eigenvalue weighted by atomic mass is 10.1. The second-order valence-corrected chi connectivity index (χ2v) is 7.25. The van der Waals surface area contributed by atoms with Crippen LogP contribution in [-0.4, -0.2) is 48.2 Å². The van der Waals surface area contributed by atoms with Crippen LogP contribution in [0.4, 0.5) is 17.5 Å². The number of nitrogens with one attached hydrogen (secondary N) is 1. The van der Waals surface area contributed by atoms with Gasteiger partial charge in [-0.3, -0.25) is 4.79 Å². The van der Waals surface area contributed by atoms with Crippen LogP contribution in [0.3, 0.4) is 0 Å². The Morgan fingerprint density at radius 2 is 1.90 bits per heavy atom. The summed E-state index contributed by atoms with van der Waals surface area (Å²) in [6.07, 6.45) is 5.19. The number of hydrogen-bond donors (Lipinski definition) is 1. The summed E-state index contributed by atoms with van der Waals surface area (Å²) < 4.78 is 5.33. The predicted octanol–water partition coefficient (Wildman–Crippen LogP) is 3.44. The maximum atomic E-state index is 12.7. The summed E-state index contributed by atoms with van der Waals surface area (Å²) in [5.41, 5.74) is 1.60. The molecule has 0 spiro atoms. The molecule has 0 unspecified atom stereocenters. The van der Waals surface area contributed by atoms with Crippen molar-refractivity contribution in [3.8, 4) is 11.3 Å². The fourth-order valence-electron chi connectivity index (χ4n) is 3.35. The zero-order valence-corrected chi connectivity index (χ0v) is 16.6. The minimum Gasteiger partial charge on any atom is -0.361 e. The Morgan fingerprint density at radius 3 is 2.62 bits per heavy atom. The summed E-state index contributed by atoms with van der Waals surface area (Å²) >= 11 is 0. The quantitative estimate of drug-likeness (QED) is 0.711. The van der Waals surface area contributed by atoms with E-state index in [2.05, 4.69) is 25.3 Å². The Hall–Kier alpha value is -3.42. The van der Waals surface area contributed by atoms with Crippen molar-refractivity contribution in [2.24, 2.45) is 0 Å². The monoisotopic (exact) mass is 392 g/mol. The fraction of sp³-hybridized carbons (Fsp3) is 0.333. The number of anilines is 3. The topological polar surface area (TPSA) is 87.4 Å². The molecule has 0 atom stereocenters. The van der Waals surface area contributed by atoms with Crippen molar-refractivity contribution >= 4 is 23.4 Å². The first-order chi connectivity index (χ1) is 14.1. The molecule has 1 aliphatic heterocycles. The Morgan fingerprint density at radius 1 is 1.14 bits per heavy atom. The van der Waals surface area contributed by atoms with E-state index in [4.69, 9.17) is 4.52 Å². The molecule has 29 heavy (non-hydrogen) atoms. The van der Waals surface area contributed by atoms with Crippen molar-refractivity contribution in [3.05, 3.63) is 48.3 Å². The minimum atomic E-state index is -0.367. The maximum absolute atomic E-state index is 12.7. The molecule has 8 nitrogen and oxygen atoms in total. The van der Waals surface area contributed by atoms with Crippen LogP contribution in [0.2, 0.25) is 0 Å². The zero-order chi connectivity index (χ0) is 20.2. The second kappa shape index (κ2) is 8.30. The first-order valence-electron chi connectivity index (χ1n) is 9.74. The number of nitrogens with zero attached hydrogens (tertiary/aromatic N) is 5. The molecule has 0 saturated carbocycles. The molecule has 3 aromatic rings. The number of carbonyl (C=O) groups excluding carboxylic acids is 1. The van der Waals surface area contributed by atoms with E-state index in [-0.39, 0.29) is 11.6 Å². The smallest absolute Gasteiger partial charge is 0.278 e. The number of hydrogen-bond acceptors (Lipinski definition) is 7. The average molecular weight is 392 g/mol. The molecule has 1 saturated heterocycles. The third-order valence-corrected chi connectivity index (χ3v) is 4.87. The molecule has 8 heteroatoms. The summed E-state index contributed by atoms with van der Waals surface area (Å²) in [6.45, 7) is 1.92. The van der Waals surface area contributed by atoms with Gasteiger partial charge in [-0.05, 0) is 19.3 Å². The highest BCUT2D eigenvalue weighted by Crippen LogP contribution is 2.26. The second-order valence-electron chi connectivity index (χ2n) is 7.25. The van der Waals surface area contributed by atoms with E-state index in [9.17, 15) is 4.79 Å². The van der Waals surface area contributed by atoms with E-state index in [1.165, 1.54) is 6.42 Å². The molecule has 1 aliphatic rings. The van der Waals surface area contributed by atoms with Crippen LogP contribution in [0.1, 0.15) is 29.8 Å². The number of amides is 1. The van der Waals surface area contributed by atoms with E-state index in [0.29, 0.717) is 23.2 Å². The van der Waals surface area contributed by atoms with Crippen molar-refractivity contribution in [3.63, 3.8) is 0 Å². The molecular formula is C21H24N6O2. The van der Waals surface area contributed by atoms with Gasteiger partial charge in [0, 0.05) is 38.8 Å². The van der Waals surface area contributed by atoms with Crippen LogP contribution in [-0.2, 0) is 0 Å². The molecule has 1 aromatic carbocycles. The van der Waals surface area contributed by atoms with Gasteiger partial charge in [0.1, 0.15) is 5.69 Å². The van der Waals surface area contributed by atoms with Crippen LogP contribution in [0.5, 0.6) is 0 Å². The van der Waals surface area contributed by atoms with Gasteiger partial charge in [-0.15, -0.1) is 0 Å². The molecule has 3 heterocycles. The molecule has 1 N–H and O–H groups in total. The molecule has 0 radical (unpaired) electrons. The normalized spacial score (nSPS) is 13.9. The van der Waals surface area contributed by atoms with Gasteiger partial charge in [0.15, 0.2) is 17.3 Å². The highest BCUT2D eigenvalue weighted by Gasteiger charge is 2.20. The van der Waals surface area contributed by atoms with Crippen molar-refractivity contribution in [2.75, 3.05) is 42.3 Å². The van der Waals surface area contributed by atoms with E-state index < -0.39 is 0 Å². The van der Waals surface area contributed by atoms with Gasteiger partial charge in [-0.1, -0.05) is 35.5 Å². The predicted molar refractivity (Wildman–Crippen MR) is 112 cm³/mol. The Balaban J connectivity index is 1.54. The third-order valence-electron chi connectivity index (χ3n) is 4.87. The Labute approximate surface area is 169 Å². The zero-order valence-electron chi connectivity index (χ0n) is 16.6. The highest BCUT2D eigenvalue weighted by atomic mass is 16.5. The standard InChI is InChI=1S/C21H24N6O2/c1-26(2)19-17(14-22-21(24-19)27-11-7-4-8-12-27)23-20(28)16-13-18(29-25-16)15-9-5-3-6-10-15/h3,5-6,9-10,13-14H,4,7-8,11-12H2,1-2H3,(H,23,28). The third kappa shape index (κ3) is 4.21. The van der Waals surface area contributed by atoms with Gasteiger partial charge in [-0.2, -0.15) is 4.98 Å². The summed E-state index contributed by atoms with van der Waals surface area (Å²) in [4.78, 5) is 25.9. The molecule has 4 rings (SSSR count). The van der Waals surface area contributed by atoms with Crippen molar-refractivity contribution in [2.45, 2.75) is 19.3 Å². The van der Waals surface area contributed by atoms with Gasteiger partial charge in [-0.25, -0.2) is 4.98 Å². The van der Waals surface area contributed by atoms with E-state index in [0.717, 1.165) is 31.5 Å². The Bertz CT molecular complexity index is 980. The summed E-state index contributed by atoms with van der Waals surface area (Å²) in [7, 11) is 3.78. The first kappa shape index (κ1) is 18.9. The van der Waals surface area contributed by atoms with Crippen LogP contribution >= 0.6 is 0 Å². The van der Waals surface area contributed by atoms with Gasteiger partial charge in [0.2, 0.25) is 5.95 Å². The first-order valence-corrected chi connectivity index (χ1v) is 9.74. The molecular weight excluding hydrogens is 368 g/mol. The SMILES string of the molecule is CN(C)c1nc(N2CCCCC2)ncc1NC(=O)c1cc(-c2ccccc2)on1. The summed E-state index contributed by atoms with van der Waals surface area (Å²) in [5.74, 6) is 1.52. The van der Waals surface area contributed by atoms with Gasteiger partial charge in [0.25, 0.3) is 5.91 Å². The van der Waals surface area contributed by atoms with Crippen molar-refractivity contribution in [1.82, 2.24) is 15.1 Å². The molecule has 1 amide bonds. The average Bonchev–Trinajstić information content (AvgIpc) is 3.26. The number of carbonyl (C=O) groups is 1. The Kier molecular flexibility index (Phi) is 5.41. The number of benzene rings is 1. The lowest BCUT2D eigenvalue weighted by Crippen LogP contribution is -2.31. The van der Waals surface area contributed by atoms with Gasteiger partial charge in [0.05, 0.1) is 6.20 Å². The van der Waals surface area contributed by atoms with Crippen LogP contribution in [0.25, 0.3) is 11.3 Å². The van der Waals surface area contributed by atoms with E-state index in [1.54, 1.807) is 12.3 Å². The van der Waals surface area contributed by atoms with Gasteiger partial charge < -0.3 is 19.6 Å². The number of piperidine rings is 1.